The van der Waals surface area contributed by atoms with Gasteiger partial charge in [-0.25, -0.2) is 4.79 Å². The largest absolute Gasteiger partial charge is 0.481 e. The Morgan fingerprint density at radius 1 is 1.30 bits per heavy atom. The van der Waals surface area contributed by atoms with Gasteiger partial charge in [0.25, 0.3) is 0 Å². The Kier molecular flexibility index (Phi) is 5.55. The molecule has 0 heterocycles. The van der Waals surface area contributed by atoms with Crippen molar-refractivity contribution in [2.75, 3.05) is 13.6 Å². The van der Waals surface area contributed by atoms with Crippen molar-refractivity contribution in [2.45, 2.75) is 26.8 Å². The molecule has 0 fully saturated rings. The van der Waals surface area contributed by atoms with E-state index in [-0.39, 0.29) is 18.6 Å². The number of urea groups is 1. The smallest absolute Gasteiger partial charge is 0.317 e. The minimum Gasteiger partial charge on any atom is -0.481 e. The van der Waals surface area contributed by atoms with Crippen LogP contribution in [0.1, 0.15) is 31.0 Å². The zero-order chi connectivity index (χ0) is 15.3. The van der Waals surface area contributed by atoms with Crippen LogP contribution in [0.4, 0.5) is 4.79 Å². The summed E-state index contributed by atoms with van der Waals surface area (Å²) in [5, 5.41) is 11.7. The van der Waals surface area contributed by atoms with Crippen LogP contribution in [0.5, 0.6) is 0 Å². The van der Waals surface area contributed by atoms with Crippen molar-refractivity contribution < 1.29 is 14.7 Å². The molecule has 1 aromatic rings. The second-order valence-corrected chi connectivity index (χ2v) is 5.15. The molecule has 0 aliphatic heterocycles. The lowest BCUT2D eigenvalue weighted by molar-refractivity contribution is -0.141. The number of benzene rings is 1. The van der Waals surface area contributed by atoms with Crippen LogP contribution in [0, 0.1) is 12.8 Å². The topological polar surface area (TPSA) is 69.6 Å². The molecule has 0 radical (unpaired) electrons. The molecular formula is C15H22N2O3. The molecule has 0 saturated carbocycles. The Morgan fingerprint density at radius 3 is 2.45 bits per heavy atom. The van der Waals surface area contributed by atoms with Gasteiger partial charge in [0, 0.05) is 13.6 Å². The monoisotopic (exact) mass is 278 g/mol. The highest BCUT2D eigenvalue weighted by atomic mass is 16.4. The average molecular weight is 278 g/mol. The molecule has 2 N–H and O–H groups in total. The van der Waals surface area contributed by atoms with Gasteiger partial charge in [-0.2, -0.15) is 0 Å². The summed E-state index contributed by atoms with van der Waals surface area (Å²) in [6.07, 6.45) is 0. The molecule has 0 aromatic heterocycles. The molecule has 5 nitrogen and oxygen atoms in total. The summed E-state index contributed by atoms with van der Waals surface area (Å²) >= 11 is 0. The molecule has 110 valence electrons. The summed E-state index contributed by atoms with van der Waals surface area (Å²) in [4.78, 5) is 24.2. The Morgan fingerprint density at radius 2 is 1.90 bits per heavy atom. The Labute approximate surface area is 119 Å². The van der Waals surface area contributed by atoms with E-state index in [4.69, 9.17) is 5.11 Å². The standard InChI is InChI=1S/C15H22N2O3/c1-10-7-5-6-8-13(10)12(3)16-15(20)17(4)9-11(2)14(18)19/h5-8,11-12H,9H2,1-4H3,(H,16,20)(H,18,19). The molecule has 2 unspecified atom stereocenters. The van der Waals surface area contributed by atoms with E-state index in [1.54, 1.807) is 14.0 Å². The van der Waals surface area contributed by atoms with E-state index in [9.17, 15) is 9.59 Å². The molecule has 0 saturated heterocycles. The van der Waals surface area contributed by atoms with Gasteiger partial charge < -0.3 is 15.3 Å². The fourth-order valence-corrected chi connectivity index (χ4v) is 2.02. The first-order valence-corrected chi connectivity index (χ1v) is 6.63. The van der Waals surface area contributed by atoms with Gasteiger partial charge in [-0.1, -0.05) is 31.2 Å². The van der Waals surface area contributed by atoms with Gasteiger partial charge in [0.2, 0.25) is 0 Å². The van der Waals surface area contributed by atoms with Crippen molar-refractivity contribution in [3.8, 4) is 0 Å². The van der Waals surface area contributed by atoms with Crippen molar-refractivity contribution in [3.63, 3.8) is 0 Å². The highest BCUT2D eigenvalue weighted by molar-refractivity contribution is 5.76. The number of nitrogens with one attached hydrogen (secondary N) is 1. The molecule has 20 heavy (non-hydrogen) atoms. The number of hydrogen-bond donors (Lipinski definition) is 2. The number of carbonyl (C=O) groups excluding carboxylic acids is 1. The summed E-state index contributed by atoms with van der Waals surface area (Å²) in [6, 6.07) is 7.46. The first-order chi connectivity index (χ1) is 9.32. The van der Waals surface area contributed by atoms with Gasteiger partial charge in [0.1, 0.15) is 0 Å². The third-order valence-electron chi connectivity index (χ3n) is 3.31. The lowest BCUT2D eigenvalue weighted by atomic mass is 10.0. The third kappa shape index (κ3) is 4.26. The fourth-order valence-electron chi connectivity index (χ4n) is 2.02. The minimum atomic E-state index is -0.906. The zero-order valence-electron chi connectivity index (χ0n) is 12.4. The van der Waals surface area contributed by atoms with E-state index < -0.39 is 11.9 Å². The van der Waals surface area contributed by atoms with E-state index in [0.717, 1.165) is 11.1 Å². The van der Waals surface area contributed by atoms with Gasteiger partial charge in [0.05, 0.1) is 12.0 Å². The Balaban J connectivity index is 2.62. The average Bonchev–Trinajstić information content (AvgIpc) is 2.38. The van der Waals surface area contributed by atoms with Crippen molar-refractivity contribution >= 4 is 12.0 Å². The number of nitrogens with zero attached hydrogens (tertiary/aromatic N) is 1. The molecule has 0 aliphatic rings. The predicted molar refractivity (Wildman–Crippen MR) is 77.6 cm³/mol. The van der Waals surface area contributed by atoms with Crippen molar-refractivity contribution in [2.24, 2.45) is 5.92 Å². The maximum absolute atomic E-state index is 12.0. The maximum atomic E-state index is 12.0. The quantitative estimate of drug-likeness (QED) is 0.869. The normalized spacial score (nSPS) is 13.4. The molecule has 0 bridgehead atoms. The van der Waals surface area contributed by atoms with E-state index >= 15 is 0 Å². The van der Waals surface area contributed by atoms with Crippen molar-refractivity contribution in [3.05, 3.63) is 35.4 Å². The van der Waals surface area contributed by atoms with Crippen molar-refractivity contribution in [1.29, 1.82) is 0 Å². The van der Waals surface area contributed by atoms with Crippen molar-refractivity contribution in [1.82, 2.24) is 10.2 Å². The molecule has 1 aromatic carbocycles. The molecule has 2 atom stereocenters. The molecule has 5 heteroatoms. The van der Waals surface area contributed by atoms with Gasteiger partial charge >= 0.3 is 12.0 Å². The lowest BCUT2D eigenvalue weighted by Gasteiger charge is -2.23. The van der Waals surface area contributed by atoms with E-state index in [0.29, 0.717) is 0 Å². The molecular weight excluding hydrogens is 256 g/mol. The number of hydrogen-bond acceptors (Lipinski definition) is 2. The van der Waals surface area contributed by atoms with E-state index in [1.807, 2.05) is 38.1 Å². The van der Waals surface area contributed by atoms with Gasteiger partial charge in [-0.3, -0.25) is 4.79 Å². The first-order valence-electron chi connectivity index (χ1n) is 6.63. The molecule has 0 spiro atoms. The van der Waals surface area contributed by atoms with Crippen LogP contribution in [0.25, 0.3) is 0 Å². The first kappa shape index (κ1) is 16.0. The number of aliphatic carboxylic acids is 1. The molecule has 2 amide bonds. The van der Waals surface area contributed by atoms with Gasteiger partial charge in [-0.15, -0.1) is 0 Å². The maximum Gasteiger partial charge on any atom is 0.317 e. The van der Waals surface area contributed by atoms with E-state index in [2.05, 4.69) is 5.32 Å². The number of carboxylic acids is 1. The van der Waals surface area contributed by atoms with Crippen LogP contribution in [0.3, 0.4) is 0 Å². The lowest BCUT2D eigenvalue weighted by Crippen LogP contribution is -2.41. The number of carbonyl (C=O) groups is 2. The zero-order valence-corrected chi connectivity index (χ0v) is 12.4. The highest BCUT2D eigenvalue weighted by Crippen LogP contribution is 2.16. The van der Waals surface area contributed by atoms with E-state index in [1.165, 1.54) is 4.90 Å². The third-order valence-corrected chi connectivity index (χ3v) is 3.31. The van der Waals surface area contributed by atoms with Gasteiger partial charge in [0.15, 0.2) is 0 Å². The summed E-state index contributed by atoms with van der Waals surface area (Å²) in [5.41, 5.74) is 2.17. The summed E-state index contributed by atoms with van der Waals surface area (Å²) in [5.74, 6) is -1.49. The Hall–Kier alpha value is -2.04. The SMILES string of the molecule is Cc1ccccc1C(C)NC(=O)N(C)CC(C)C(=O)O. The highest BCUT2D eigenvalue weighted by Gasteiger charge is 2.19. The van der Waals surface area contributed by atoms with Crippen LogP contribution in [0.15, 0.2) is 24.3 Å². The number of carboxylic acid groups (broad SMARTS) is 1. The van der Waals surface area contributed by atoms with Crippen LogP contribution in [0.2, 0.25) is 0 Å². The molecule has 1 rings (SSSR count). The molecule has 0 aliphatic carbocycles. The van der Waals surface area contributed by atoms with Crippen LogP contribution < -0.4 is 5.32 Å². The van der Waals surface area contributed by atoms with Crippen LogP contribution >= 0.6 is 0 Å². The predicted octanol–water partition coefficient (Wildman–Crippen LogP) is 2.42. The van der Waals surface area contributed by atoms with Crippen LogP contribution in [-0.2, 0) is 4.79 Å². The van der Waals surface area contributed by atoms with Crippen LogP contribution in [-0.4, -0.2) is 35.6 Å². The minimum absolute atomic E-state index is 0.119. The Bertz CT molecular complexity index is 488. The van der Waals surface area contributed by atoms with Gasteiger partial charge in [-0.05, 0) is 25.0 Å². The summed E-state index contributed by atoms with van der Waals surface area (Å²) in [6.45, 7) is 5.67. The number of rotatable bonds is 5. The number of aryl methyl sites for hydroxylation is 1. The second kappa shape index (κ2) is 6.93. The summed E-state index contributed by atoms with van der Waals surface area (Å²) < 4.78 is 0. The number of amides is 2. The summed E-state index contributed by atoms with van der Waals surface area (Å²) in [7, 11) is 1.60. The second-order valence-electron chi connectivity index (χ2n) is 5.15. The fraction of sp³-hybridized carbons (Fsp3) is 0.467.